The fourth-order valence-electron chi connectivity index (χ4n) is 3.52. The highest BCUT2D eigenvalue weighted by Crippen LogP contribution is 2.06. The van der Waals surface area contributed by atoms with E-state index < -0.39 is 36.2 Å². The van der Waals surface area contributed by atoms with E-state index in [2.05, 4.69) is 10.6 Å². The molecular weight excluding hydrogens is 672 g/mol. The van der Waals surface area contributed by atoms with E-state index in [9.17, 15) is 30.0 Å². The van der Waals surface area contributed by atoms with Crippen LogP contribution in [-0.4, -0.2) is 215 Å². The van der Waals surface area contributed by atoms with Crippen molar-refractivity contribution in [3.8, 4) is 0 Å². The maximum Gasteiger partial charge on any atom is 0.251 e. The second-order valence-corrected chi connectivity index (χ2v) is 10.2. The Labute approximate surface area is 294 Å². The number of rotatable bonds is 39. The molecule has 0 rings (SSSR count). The van der Waals surface area contributed by atoms with E-state index >= 15 is 0 Å². The number of ether oxygens (including phenoxy) is 10. The number of amides is 2. The minimum Gasteiger partial charge on any atom is -0.387 e. The smallest absolute Gasteiger partial charge is 0.251 e. The molecule has 0 aromatic heterocycles. The number of carbonyl (C=O) groups excluding carboxylic acids is 2. The number of hydrogen-bond donors (Lipinski definition) is 8. The quantitative estimate of drug-likeness (QED) is 0.0274. The van der Waals surface area contributed by atoms with E-state index in [-0.39, 0.29) is 39.5 Å². The molecule has 2 amide bonds. The third kappa shape index (κ3) is 30.0. The van der Waals surface area contributed by atoms with E-state index in [0.717, 1.165) is 0 Å². The fourth-order valence-corrected chi connectivity index (χ4v) is 3.52. The number of carbonyl (C=O) groups is 2. The standard InChI is InChI=1S/C30H62N4O16/c31-1-5-41-9-13-45-17-21-49-23-19-47-15-11-43-7-3-33-29(39)27(37)25(35)26(36)28(38)30(40)34-4-8-44-12-16-48-20-24-50-22-18-46-14-10-42-6-2-32/h25-28,35-38H,1-24,31-32H2,(H,33,39)(H,34,40)/t25-,26+,27+,28-. The van der Waals surface area contributed by atoms with Crippen LogP contribution in [0.5, 0.6) is 0 Å². The number of aliphatic hydroxyl groups is 4. The fraction of sp³-hybridized carbons (Fsp3) is 0.933. The van der Waals surface area contributed by atoms with Crippen molar-refractivity contribution in [1.29, 1.82) is 0 Å². The molecule has 0 spiro atoms. The van der Waals surface area contributed by atoms with Crippen LogP contribution in [0.3, 0.4) is 0 Å². The lowest BCUT2D eigenvalue weighted by molar-refractivity contribution is -0.155. The predicted octanol–water partition coefficient (Wildman–Crippen LogP) is -5.25. The van der Waals surface area contributed by atoms with Gasteiger partial charge in [0.05, 0.1) is 132 Å². The number of nitrogens with two attached hydrogens (primary N) is 2. The van der Waals surface area contributed by atoms with E-state index in [1.165, 1.54) is 0 Å². The molecule has 10 N–H and O–H groups in total. The van der Waals surface area contributed by atoms with E-state index in [0.29, 0.717) is 119 Å². The van der Waals surface area contributed by atoms with E-state index in [1.807, 2.05) is 0 Å². The number of nitrogens with one attached hydrogen (secondary N) is 2. The number of aliphatic hydroxyl groups excluding tert-OH is 4. The first-order chi connectivity index (χ1) is 24.4. The van der Waals surface area contributed by atoms with Gasteiger partial charge < -0.3 is 89.9 Å². The van der Waals surface area contributed by atoms with Crippen LogP contribution in [0.2, 0.25) is 0 Å². The molecule has 50 heavy (non-hydrogen) atoms. The van der Waals surface area contributed by atoms with Crippen LogP contribution in [0.4, 0.5) is 0 Å². The molecular formula is C30H62N4O16. The predicted molar refractivity (Wildman–Crippen MR) is 176 cm³/mol. The van der Waals surface area contributed by atoms with Gasteiger partial charge in [-0.3, -0.25) is 9.59 Å². The van der Waals surface area contributed by atoms with Crippen LogP contribution < -0.4 is 22.1 Å². The summed E-state index contributed by atoms with van der Waals surface area (Å²) in [5.41, 5.74) is 10.6. The first-order valence-electron chi connectivity index (χ1n) is 16.8. The maximum absolute atomic E-state index is 12.1. The van der Waals surface area contributed by atoms with Gasteiger partial charge in [-0.1, -0.05) is 0 Å². The van der Waals surface area contributed by atoms with Gasteiger partial charge in [0.25, 0.3) is 11.8 Å². The van der Waals surface area contributed by atoms with Crippen molar-refractivity contribution in [3.05, 3.63) is 0 Å². The first kappa shape index (κ1) is 48.3. The SMILES string of the molecule is NCCOCCOCCOCCOCCOCCNC(=O)[C@@H](O)[C@H](O)[C@H](O)[C@@H](O)C(=O)NCCOCCOCCOCCOCCOCCN. The van der Waals surface area contributed by atoms with Crippen molar-refractivity contribution in [2.45, 2.75) is 24.4 Å². The summed E-state index contributed by atoms with van der Waals surface area (Å²) in [5, 5.41) is 44.9. The lowest BCUT2D eigenvalue weighted by atomic mass is 10.0. The minimum atomic E-state index is -2.14. The Hall–Kier alpha value is -1.70. The summed E-state index contributed by atoms with van der Waals surface area (Å²) in [5.74, 6) is -2.05. The van der Waals surface area contributed by atoms with Gasteiger partial charge >= 0.3 is 0 Å². The lowest BCUT2D eigenvalue weighted by Crippen LogP contribution is -2.54. The summed E-state index contributed by atoms with van der Waals surface area (Å²) < 4.78 is 53.1. The van der Waals surface area contributed by atoms with Crippen LogP contribution >= 0.6 is 0 Å². The average Bonchev–Trinajstić information content (AvgIpc) is 3.12. The van der Waals surface area contributed by atoms with Crippen molar-refractivity contribution < 1.29 is 77.4 Å². The van der Waals surface area contributed by atoms with Crippen molar-refractivity contribution in [2.75, 3.05) is 158 Å². The van der Waals surface area contributed by atoms with Gasteiger partial charge in [-0.05, 0) is 0 Å². The van der Waals surface area contributed by atoms with Crippen molar-refractivity contribution >= 4 is 11.8 Å². The summed E-state index contributed by atoms with van der Waals surface area (Å²) in [6.45, 7) is 8.35. The van der Waals surface area contributed by atoms with Gasteiger partial charge in [-0.2, -0.15) is 0 Å². The monoisotopic (exact) mass is 734 g/mol. The molecule has 20 heteroatoms. The molecule has 0 saturated carbocycles. The number of hydrogen-bond acceptors (Lipinski definition) is 18. The Morgan fingerprint density at radius 1 is 0.380 bits per heavy atom. The summed E-state index contributed by atoms with van der Waals surface area (Å²) in [6, 6.07) is 0. The molecule has 0 aliphatic carbocycles. The zero-order valence-electron chi connectivity index (χ0n) is 29.1. The zero-order chi connectivity index (χ0) is 36.9. The highest BCUT2D eigenvalue weighted by molar-refractivity contribution is 5.83. The van der Waals surface area contributed by atoms with Crippen molar-refractivity contribution in [3.63, 3.8) is 0 Å². The Bertz CT molecular complexity index is 704. The van der Waals surface area contributed by atoms with E-state index in [1.54, 1.807) is 0 Å². The molecule has 0 unspecified atom stereocenters. The third-order valence-corrected chi connectivity index (χ3v) is 6.13. The minimum absolute atomic E-state index is 0.0105. The molecule has 0 bridgehead atoms. The molecule has 0 aliphatic heterocycles. The Kier molecular flexibility index (Phi) is 35.8. The second kappa shape index (κ2) is 37.1. The Morgan fingerprint density at radius 3 is 0.800 bits per heavy atom. The average molecular weight is 735 g/mol. The first-order valence-corrected chi connectivity index (χ1v) is 16.8. The summed E-state index contributed by atoms with van der Waals surface area (Å²) in [6.07, 6.45) is -8.50. The highest BCUT2D eigenvalue weighted by atomic mass is 16.6. The van der Waals surface area contributed by atoms with Crippen LogP contribution in [0.1, 0.15) is 0 Å². The summed E-state index contributed by atoms with van der Waals surface area (Å²) in [7, 11) is 0. The topological polar surface area (TPSA) is 283 Å². The third-order valence-electron chi connectivity index (χ3n) is 6.13. The highest BCUT2D eigenvalue weighted by Gasteiger charge is 2.37. The summed E-state index contributed by atoms with van der Waals surface area (Å²) >= 11 is 0. The van der Waals surface area contributed by atoms with Crippen LogP contribution in [0.15, 0.2) is 0 Å². The lowest BCUT2D eigenvalue weighted by Gasteiger charge is -2.25. The molecule has 4 atom stereocenters. The molecule has 0 aromatic carbocycles. The van der Waals surface area contributed by atoms with Gasteiger partial charge in [0.2, 0.25) is 0 Å². The zero-order valence-corrected chi connectivity index (χ0v) is 29.1. The Morgan fingerprint density at radius 2 is 0.580 bits per heavy atom. The van der Waals surface area contributed by atoms with Gasteiger partial charge in [-0.15, -0.1) is 0 Å². The van der Waals surface area contributed by atoms with Crippen LogP contribution in [0, 0.1) is 0 Å². The molecule has 0 aliphatic rings. The Balaban J connectivity index is 3.71. The molecule has 298 valence electrons. The van der Waals surface area contributed by atoms with E-state index in [4.69, 9.17) is 58.8 Å². The van der Waals surface area contributed by atoms with Crippen LogP contribution in [-0.2, 0) is 57.0 Å². The molecule has 0 radical (unpaired) electrons. The largest absolute Gasteiger partial charge is 0.387 e. The molecule has 0 heterocycles. The molecule has 0 fully saturated rings. The van der Waals surface area contributed by atoms with Crippen LogP contribution in [0.25, 0.3) is 0 Å². The van der Waals surface area contributed by atoms with Crippen molar-refractivity contribution in [2.24, 2.45) is 11.5 Å². The maximum atomic E-state index is 12.1. The second-order valence-electron chi connectivity index (χ2n) is 10.2. The molecule has 20 nitrogen and oxygen atoms in total. The molecule has 0 aromatic rings. The normalized spacial score (nSPS) is 14.0. The molecule has 0 saturated heterocycles. The van der Waals surface area contributed by atoms with Gasteiger partial charge in [-0.25, -0.2) is 0 Å². The van der Waals surface area contributed by atoms with Crippen molar-refractivity contribution in [1.82, 2.24) is 10.6 Å². The van der Waals surface area contributed by atoms with Gasteiger partial charge in [0.1, 0.15) is 12.2 Å². The summed E-state index contributed by atoms with van der Waals surface area (Å²) in [4.78, 5) is 24.2. The van der Waals surface area contributed by atoms with Gasteiger partial charge in [0, 0.05) is 26.2 Å². The van der Waals surface area contributed by atoms with Gasteiger partial charge in [0.15, 0.2) is 12.2 Å².